The van der Waals surface area contributed by atoms with Crippen LogP contribution in [0.25, 0.3) is 0 Å². The zero-order chi connectivity index (χ0) is 15.2. The summed E-state index contributed by atoms with van der Waals surface area (Å²) >= 11 is 3.59. The molecule has 0 aliphatic rings. The summed E-state index contributed by atoms with van der Waals surface area (Å²) in [5.41, 5.74) is 1.44. The van der Waals surface area contributed by atoms with Crippen molar-refractivity contribution in [3.63, 3.8) is 0 Å². The second-order valence-corrected chi connectivity index (χ2v) is 6.88. The summed E-state index contributed by atoms with van der Waals surface area (Å²) in [6.07, 6.45) is 1.00. The summed E-state index contributed by atoms with van der Waals surface area (Å²) in [7, 11) is 1.93. The predicted octanol–water partition coefficient (Wildman–Crippen LogP) is 4.38. The maximum atomic E-state index is 5.94. The minimum Gasteiger partial charge on any atom is -0.490 e. The third kappa shape index (κ3) is 5.71. The van der Waals surface area contributed by atoms with Crippen LogP contribution in [0.15, 0.2) is 16.6 Å². The monoisotopic (exact) mass is 343 g/mol. The van der Waals surface area contributed by atoms with Crippen LogP contribution in [0, 0.1) is 5.41 Å². The van der Waals surface area contributed by atoms with Gasteiger partial charge in [-0.15, -0.1) is 0 Å². The number of nitrogens with one attached hydrogen (secondary N) is 1. The lowest BCUT2D eigenvalue weighted by atomic mass is 9.93. The van der Waals surface area contributed by atoms with Gasteiger partial charge in [0, 0.05) is 6.54 Å². The Balaban J connectivity index is 2.87. The van der Waals surface area contributed by atoms with E-state index in [1.807, 2.05) is 20.0 Å². The second-order valence-electron chi connectivity index (χ2n) is 6.03. The van der Waals surface area contributed by atoms with Gasteiger partial charge in [0.05, 0.1) is 17.7 Å². The molecule has 0 saturated carbocycles. The Morgan fingerprint density at radius 2 is 1.90 bits per heavy atom. The fourth-order valence-electron chi connectivity index (χ4n) is 1.79. The van der Waals surface area contributed by atoms with Crippen LogP contribution in [0.1, 0.15) is 39.7 Å². The van der Waals surface area contributed by atoms with Crippen molar-refractivity contribution in [3.8, 4) is 11.5 Å². The van der Waals surface area contributed by atoms with E-state index in [1.165, 1.54) is 5.56 Å². The molecule has 0 atom stereocenters. The normalized spacial score (nSPS) is 11.5. The molecule has 0 aliphatic heterocycles. The third-order valence-corrected chi connectivity index (χ3v) is 3.44. The Labute approximate surface area is 131 Å². The van der Waals surface area contributed by atoms with E-state index in [2.05, 4.69) is 48.1 Å². The van der Waals surface area contributed by atoms with Crippen molar-refractivity contribution in [2.45, 2.75) is 40.7 Å². The van der Waals surface area contributed by atoms with Crippen molar-refractivity contribution in [1.82, 2.24) is 5.32 Å². The molecular formula is C16H26BrNO2. The van der Waals surface area contributed by atoms with Crippen LogP contribution >= 0.6 is 15.9 Å². The van der Waals surface area contributed by atoms with Crippen molar-refractivity contribution in [2.75, 3.05) is 20.3 Å². The van der Waals surface area contributed by atoms with E-state index in [0.717, 1.165) is 28.9 Å². The predicted molar refractivity (Wildman–Crippen MR) is 87.6 cm³/mol. The molecule has 0 unspecified atom stereocenters. The van der Waals surface area contributed by atoms with E-state index in [4.69, 9.17) is 9.47 Å². The first-order chi connectivity index (χ1) is 9.37. The quantitative estimate of drug-likeness (QED) is 0.796. The van der Waals surface area contributed by atoms with E-state index in [0.29, 0.717) is 13.2 Å². The molecule has 0 saturated heterocycles. The number of ether oxygens (including phenoxy) is 2. The van der Waals surface area contributed by atoms with E-state index in [-0.39, 0.29) is 5.41 Å². The Kier molecular flexibility index (Phi) is 6.83. The zero-order valence-corrected chi connectivity index (χ0v) is 14.8. The highest BCUT2D eigenvalue weighted by Gasteiger charge is 2.15. The summed E-state index contributed by atoms with van der Waals surface area (Å²) in [4.78, 5) is 0. The van der Waals surface area contributed by atoms with Crippen molar-refractivity contribution < 1.29 is 9.47 Å². The standard InChI is InChI=1S/C16H26BrNO2/c1-6-19-14-10-12(11-18-5)9-13(17)15(14)20-8-7-16(2,3)4/h9-10,18H,6-8,11H2,1-5H3. The molecule has 1 N–H and O–H groups in total. The van der Waals surface area contributed by atoms with Gasteiger partial charge < -0.3 is 14.8 Å². The van der Waals surface area contributed by atoms with Crippen LogP contribution < -0.4 is 14.8 Å². The Morgan fingerprint density at radius 1 is 1.20 bits per heavy atom. The smallest absolute Gasteiger partial charge is 0.175 e. The first kappa shape index (κ1) is 17.3. The van der Waals surface area contributed by atoms with Crippen molar-refractivity contribution in [3.05, 3.63) is 22.2 Å². The molecular weight excluding hydrogens is 318 g/mol. The molecule has 0 aliphatic carbocycles. The molecule has 3 nitrogen and oxygen atoms in total. The van der Waals surface area contributed by atoms with Crippen molar-refractivity contribution in [1.29, 1.82) is 0 Å². The van der Waals surface area contributed by atoms with E-state index >= 15 is 0 Å². The summed E-state index contributed by atoms with van der Waals surface area (Å²) in [5, 5.41) is 3.15. The van der Waals surface area contributed by atoms with Gasteiger partial charge in [-0.3, -0.25) is 0 Å². The maximum Gasteiger partial charge on any atom is 0.175 e. The fraction of sp³-hybridized carbons (Fsp3) is 0.625. The highest BCUT2D eigenvalue weighted by atomic mass is 79.9. The third-order valence-electron chi connectivity index (χ3n) is 2.85. The molecule has 20 heavy (non-hydrogen) atoms. The average molecular weight is 344 g/mol. The Hall–Kier alpha value is -0.740. The van der Waals surface area contributed by atoms with Gasteiger partial charge in [0.15, 0.2) is 11.5 Å². The van der Waals surface area contributed by atoms with Gasteiger partial charge in [0.25, 0.3) is 0 Å². The Bertz CT molecular complexity index is 427. The summed E-state index contributed by atoms with van der Waals surface area (Å²) in [6, 6.07) is 4.11. The topological polar surface area (TPSA) is 30.5 Å². The molecule has 0 spiro atoms. The first-order valence-corrected chi connectivity index (χ1v) is 7.89. The maximum absolute atomic E-state index is 5.94. The van der Waals surface area contributed by atoms with Crippen LogP contribution in [-0.2, 0) is 6.54 Å². The molecule has 0 fully saturated rings. The number of hydrogen-bond donors (Lipinski definition) is 1. The van der Waals surface area contributed by atoms with Gasteiger partial charge in [-0.25, -0.2) is 0 Å². The largest absolute Gasteiger partial charge is 0.490 e. The van der Waals surface area contributed by atoms with Gasteiger partial charge in [-0.1, -0.05) is 20.8 Å². The van der Waals surface area contributed by atoms with Gasteiger partial charge in [-0.2, -0.15) is 0 Å². The second kappa shape index (κ2) is 7.89. The molecule has 1 rings (SSSR count). The highest BCUT2D eigenvalue weighted by molar-refractivity contribution is 9.10. The lowest BCUT2D eigenvalue weighted by molar-refractivity contribution is 0.228. The number of rotatable bonds is 7. The van der Waals surface area contributed by atoms with Gasteiger partial charge in [0.1, 0.15) is 0 Å². The van der Waals surface area contributed by atoms with Crippen LogP contribution in [0.2, 0.25) is 0 Å². The molecule has 0 heterocycles. The van der Waals surface area contributed by atoms with Crippen LogP contribution in [0.5, 0.6) is 11.5 Å². The van der Waals surface area contributed by atoms with E-state index in [9.17, 15) is 0 Å². The summed E-state index contributed by atoms with van der Waals surface area (Å²) < 4.78 is 12.6. The minimum atomic E-state index is 0.268. The average Bonchev–Trinajstić information content (AvgIpc) is 2.32. The fourth-order valence-corrected chi connectivity index (χ4v) is 2.39. The van der Waals surface area contributed by atoms with Gasteiger partial charge in [0.2, 0.25) is 0 Å². The first-order valence-electron chi connectivity index (χ1n) is 7.10. The van der Waals surface area contributed by atoms with Gasteiger partial charge in [-0.05, 0) is 59.4 Å². The van der Waals surface area contributed by atoms with E-state index in [1.54, 1.807) is 0 Å². The van der Waals surface area contributed by atoms with Crippen LogP contribution in [0.3, 0.4) is 0 Å². The molecule has 4 heteroatoms. The zero-order valence-electron chi connectivity index (χ0n) is 13.2. The molecule has 0 radical (unpaired) electrons. The molecule has 114 valence electrons. The minimum absolute atomic E-state index is 0.268. The summed E-state index contributed by atoms with van der Waals surface area (Å²) in [5.74, 6) is 1.61. The lowest BCUT2D eigenvalue weighted by Gasteiger charge is -2.20. The highest BCUT2D eigenvalue weighted by Crippen LogP contribution is 2.37. The number of hydrogen-bond acceptors (Lipinski definition) is 3. The molecule has 1 aromatic rings. The van der Waals surface area contributed by atoms with Crippen molar-refractivity contribution in [2.24, 2.45) is 5.41 Å². The van der Waals surface area contributed by atoms with Gasteiger partial charge >= 0.3 is 0 Å². The number of benzene rings is 1. The summed E-state index contributed by atoms with van der Waals surface area (Å²) in [6.45, 7) is 10.7. The lowest BCUT2D eigenvalue weighted by Crippen LogP contribution is -2.12. The SMILES string of the molecule is CCOc1cc(CNC)cc(Br)c1OCCC(C)(C)C. The molecule has 1 aromatic carbocycles. The van der Waals surface area contributed by atoms with Crippen LogP contribution in [0.4, 0.5) is 0 Å². The van der Waals surface area contributed by atoms with Crippen LogP contribution in [-0.4, -0.2) is 20.3 Å². The molecule has 0 amide bonds. The van der Waals surface area contributed by atoms with E-state index < -0.39 is 0 Å². The number of halogens is 1. The molecule has 0 bridgehead atoms. The molecule has 0 aromatic heterocycles. The Morgan fingerprint density at radius 3 is 2.45 bits per heavy atom. The van der Waals surface area contributed by atoms with Crippen molar-refractivity contribution >= 4 is 15.9 Å².